The van der Waals surface area contributed by atoms with Crippen LogP contribution in [0.1, 0.15) is 34.3 Å². The highest BCUT2D eigenvalue weighted by Gasteiger charge is 2.49. The van der Waals surface area contributed by atoms with E-state index < -0.39 is 23.1 Å². The summed E-state index contributed by atoms with van der Waals surface area (Å²) < 4.78 is 36.3. The van der Waals surface area contributed by atoms with Gasteiger partial charge in [0.1, 0.15) is 17.4 Å². The third kappa shape index (κ3) is 3.27. The minimum absolute atomic E-state index is 0.0762. The summed E-state index contributed by atoms with van der Waals surface area (Å²) in [5.74, 6) is -2.42. The Balaban J connectivity index is 2.04. The smallest absolute Gasteiger partial charge is 0.249 e. The van der Waals surface area contributed by atoms with Crippen molar-refractivity contribution in [3.63, 3.8) is 0 Å². The fourth-order valence-electron chi connectivity index (χ4n) is 4.46. The van der Waals surface area contributed by atoms with Gasteiger partial charge in [0.05, 0.1) is 5.02 Å². The molecule has 0 aromatic heterocycles. The number of hydrogen-bond donors (Lipinski definition) is 2. The van der Waals surface area contributed by atoms with E-state index in [1.54, 1.807) is 7.05 Å². The number of fused-ring (bicyclic) bond motifs is 1. The van der Waals surface area contributed by atoms with E-state index in [4.69, 9.17) is 22.1 Å². The molecule has 4 nitrogen and oxygen atoms in total. The topological polar surface area (TPSA) is 64.3 Å². The molecule has 0 saturated carbocycles. The minimum atomic E-state index is -0.887. The van der Waals surface area contributed by atoms with E-state index >= 15 is 4.39 Å². The van der Waals surface area contributed by atoms with Crippen LogP contribution >= 0.6 is 11.6 Å². The Morgan fingerprint density at radius 2 is 1.84 bits per heavy atom. The van der Waals surface area contributed by atoms with Crippen LogP contribution in [0.3, 0.4) is 0 Å². The van der Waals surface area contributed by atoms with E-state index in [0.717, 1.165) is 5.56 Å². The lowest BCUT2D eigenvalue weighted by molar-refractivity contribution is 0.0719. The molecule has 4 rings (SSSR count). The molecule has 1 aliphatic heterocycles. The Morgan fingerprint density at radius 3 is 2.48 bits per heavy atom. The van der Waals surface area contributed by atoms with Crippen LogP contribution in [-0.2, 0) is 5.60 Å². The molecule has 0 aliphatic carbocycles. The van der Waals surface area contributed by atoms with Crippen molar-refractivity contribution in [1.29, 1.82) is 0 Å². The normalized spacial score (nSPS) is 19.7. The molecule has 3 N–H and O–H groups in total. The van der Waals surface area contributed by atoms with Crippen molar-refractivity contribution in [3.8, 4) is 16.9 Å². The van der Waals surface area contributed by atoms with E-state index in [9.17, 15) is 9.18 Å². The lowest BCUT2D eigenvalue weighted by atomic mass is 9.77. The molecule has 0 saturated heterocycles. The van der Waals surface area contributed by atoms with Gasteiger partial charge in [-0.15, -0.1) is 0 Å². The summed E-state index contributed by atoms with van der Waals surface area (Å²) in [4.78, 5) is 12.1. The molecular weight excluding hydrogens is 422 g/mol. The first-order valence-corrected chi connectivity index (χ1v) is 10.2. The van der Waals surface area contributed by atoms with Gasteiger partial charge in [-0.25, -0.2) is 8.78 Å². The van der Waals surface area contributed by atoms with Gasteiger partial charge in [0, 0.05) is 40.8 Å². The van der Waals surface area contributed by atoms with E-state index in [2.05, 4.69) is 5.32 Å². The third-order valence-electron chi connectivity index (χ3n) is 5.88. The van der Waals surface area contributed by atoms with Crippen LogP contribution in [0, 0.1) is 11.6 Å². The van der Waals surface area contributed by atoms with Gasteiger partial charge in [-0.3, -0.25) is 4.79 Å². The second-order valence-corrected chi connectivity index (χ2v) is 7.97. The summed E-state index contributed by atoms with van der Waals surface area (Å²) in [6, 6.07) is 14.7. The number of ether oxygens (including phenoxy) is 1. The zero-order valence-electron chi connectivity index (χ0n) is 17.0. The van der Waals surface area contributed by atoms with Gasteiger partial charge in [-0.1, -0.05) is 54.9 Å². The molecule has 1 heterocycles. The van der Waals surface area contributed by atoms with E-state index in [0.29, 0.717) is 12.1 Å². The number of likely N-dealkylation sites (N-methyl/N-ethyl adjacent to an activating group) is 1. The maximum Gasteiger partial charge on any atom is 0.249 e. The van der Waals surface area contributed by atoms with Gasteiger partial charge in [0.25, 0.3) is 0 Å². The Labute approximate surface area is 184 Å². The van der Waals surface area contributed by atoms with Gasteiger partial charge in [-0.2, -0.15) is 0 Å². The number of halogens is 3. The van der Waals surface area contributed by atoms with Crippen molar-refractivity contribution in [1.82, 2.24) is 5.32 Å². The van der Waals surface area contributed by atoms with Crippen molar-refractivity contribution in [2.45, 2.75) is 18.4 Å². The fourth-order valence-corrected chi connectivity index (χ4v) is 4.71. The number of nitrogens with two attached hydrogens (primary N) is 1. The average molecular weight is 443 g/mol. The van der Waals surface area contributed by atoms with Crippen molar-refractivity contribution < 1.29 is 18.3 Å². The number of rotatable bonds is 5. The summed E-state index contributed by atoms with van der Waals surface area (Å²) in [6.07, 6.45) is 0. The van der Waals surface area contributed by atoms with Crippen molar-refractivity contribution >= 4 is 17.5 Å². The number of benzene rings is 3. The number of primary amides is 1. The van der Waals surface area contributed by atoms with Crippen LogP contribution in [0.5, 0.6) is 5.75 Å². The van der Waals surface area contributed by atoms with Crippen LogP contribution in [0.25, 0.3) is 11.1 Å². The van der Waals surface area contributed by atoms with Crippen LogP contribution in [0.2, 0.25) is 5.02 Å². The minimum Gasteiger partial charge on any atom is -0.480 e. The Bertz CT molecular complexity index is 1170. The van der Waals surface area contributed by atoms with Crippen LogP contribution in [0.4, 0.5) is 8.78 Å². The van der Waals surface area contributed by atoms with Crippen molar-refractivity contribution in [3.05, 3.63) is 87.9 Å². The molecule has 3 aromatic rings. The molecule has 0 unspecified atom stereocenters. The summed E-state index contributed by atoms with van der Waals surface area (Å²) in [7, 11) is 1.79. The number of hydrogen-bond acceptors (Lipinski definition) is 3. The molecule has 160 valence electrons. The standard InChI is InChI=1S/C24H21ClF2N2O2/c1-13-19-18(31-24(13,12-29-2)14-7-4-3-5-8-14)11-17(27)22(25)21(19)20-15(23(28)30)9-6-10-16(20)26/h3-11,13,29H,12H2,1-2H3,(H2,28,30)/t13-,24-/m0/s1. The van der Waals surface area contributed by atoms with E-state index in [-0.39, 0.29) is 33.4 Å². The number of carbonyl (C=O) groups is 1. The molecule has 31 heavy (non-hydrogen) atoms. The number of amides is 1. The summed E-state index contributed by atoms with van der Waals surface area (Å²) in [5.41, 5.74) is 5.90. The molecule has 0 bridgehead atoms. The van der Waals surface area contributed by atoms with E-state index in [1.807, 2.05) is 37.3 Å². The molecule has 1 aliphatic rings. The maximum atomic E-state index is 15.0. The predicted molar refractivity (Wildman–Crippen MR) is 116 cm³/mol. The molecule has 1 amide bonds. The van der Waals surface area contributed by atoms with Crippen LogP contribution < -0.4 is 15.8 Å². The Kier molecular flexibility index (Phi) is 5.45. The molecule has 2 atom stereocenters. The fraction of sp³-hybridized carbons (Fsp3) is 0.208. The first-order chi connectivity index (χ1) is 14.8. The first kappa shape index (κ1) is 21.3. The molecule has 3 aromatic carbocycles. The van der Waals surface area contributed by atoms with E-state index in [1.165, 1.54) is 24.3 Å². The lowest BCUT2D eigenvalue weighted by Crippen LogP contribution is -2.43. The molecule has 0 fully saturated rings. The average Bonchev–Trinajstić information content (AvgIpc) is 3.02. The quantitative estimate of drug-likeness (QED) is 0.584. The van der Waals surface area contributed by atoms with Crippen LogP contribution in [0.15, 0.2) is 54.6 Å². The molecule has 7 heteroatoms. The van der Waals surface area contributed by atoms with Gasteiger partial charge < -0.3 is 15.8 Å². The summed E-state index contributed by atoms with van der Waals surface area (Å²) >= 11 is 6.38. The third-order valence-corrected chi connectivity index (χ3v) is 6.25. The molecular formula is C24H21ClF2N2O2. The van der Waals surface area contributed by atoms with Gasteiger partial charge in [0.2, 0.25) is 5.91 Å². The highest BCUT2D eigenvalue weighted by molar-refractivity contribution is 6.34. The maximum absolute atomic E-state index is 15.0. The largest absolute Gasteiger partial charge is 0.480 e. The van der Waals surface area contributed by atoms with Crippen molar-refractivity contribution in [2.24, 2.45) is 5.73 Å². The van der Waals surface area contributed by atoms with Gasteiger partial charge in [0.15, 0.2) is 5.60 Å². The zero-order chi connectivity index (χ0) is 22.3. The number of carbonyl (C=O) groups excluding carboxylic acids is 1. The van der Waals surface area contributed by atoms with Crippen LogP contribution in [-0.4, -0.2) is 19.5 Å². The first-order valence-electron chi connectivity index (χ1n) is 9.81. The Morgan fingerprint density at radius 1 is 1.13 bits per heavy atom. The second kappa shape index (κ2) is 7.94. The highest BCUT2D eigenvalue weighted by Crippen LogP contribution is 2.56. The number of nitrogens with one attached hydrogen (secondary N) is 1. The lowest BCUT2D eigenvalue weighted by Gasteiger charge is -2.33. The SMILES string of the molecule is CNC[C@]1(c2ccccc2)Oc2cc(F)c(Cl)c(-c3c(F)cccc3C(N)=O)c2[C@@H]1C. The predicted octanol–water partition coefficient (Wildman–Crippen LogP) is 4.99. The molecule has 0 radical (unpaired) electrons. The van der Waals surface area contributed by atoms with Gasteiger partial charge >= 0.3 is 0 Å². The van der Waals surface area contributed by atoms with Gasteiger partial charge in [-0.05, 0) is 24.7 Å². The summed E-state index contributed by atoms with van der Waals surface area (Å²) in [5, 5.41) is 2.86. The zero-order valence-corrected chi connectivity index (χ0v) is 17.8. The Hall–Kier alpha value is -2.96. The monoisotopic (exact) mass is 442 g/mol. The molecule has 0 spiro atoms. The highest BCUT2D eigenvalue weighted by atomic mass is 35.5. The summed E-state index contributed by atoms with van der Waals surface area (Å²) in [6.45, 7) is 2.32. The second-order valence-electron chi connectivity index (χ2n) is 7.60. The van der Waals surface area contributed by atoms with Crippen molar-refractivity contribution in [2.75, 3.05) is 13.6 Å².